The van der Waals surface area contributed by atoms with E-state index in [0.717, 1.165) is 53.7 Å². The number of likely N-dealkylation sites (tertiary alicyclic amines) is 1. The minimum Gasteiger partial charge on any atom is -0.494 e. The fraction of sp³-hybridized carbons (Fsp3) is 0.483. The second kappa shape index (κ2) is 11.2. The third-order valence-corrected chi connectivity index (χ3v) is 6.81. The molecule has 8 nitrogen and oxygen atoms in total. The van der Waals surface area contributed by atoms with Gasteiger partial charge in [-0.25, -0.2) is 4.79 Å². The van der Waals surface area contributed by atoms with Crippen LogP contribution in [-0.4, -0.2) is 58.9 Å². The van der Waals surface area contributed by atoms with Gasteiger partial charge >= 0.3 is 6.09 Å². The summed E-state index contributed by atoms with van der Waals surface area (Å²) in [6, 6.07) is 13.8. The first kappa shape index (κ1) is 26.5. The van der Waals surface area contributed by atoms with Crippen molar-refractivity contribution in [2.24, 2.45) is 7.05 Å². The molecule has 1 amide bonds. The summed E-state index contributed by atoms with van der Waals surface area (Å²) in [6.45, 7) is 7.67. The second-order valence-corrected chi connectivity index (χ2v) is 10.7. The number of ether oxygens (including phenoxy) is 2. The Kier molecular flexibility index (Phi) is 8.05. The fourth-order valence-electron chi connectivity index (χ4n) is 4.69. The third kappa shape index (κ3) is 6.81. The van der Waals surface area contributed by atoms with Gasteiger partial charge in [-0.2, -0.15) is 0 Å². The van der Waals surface area contributed by atoms with E-state index in [9.17, 15) is 9.59 Å². The van der Waals surface area contributed by atoms with Gasteiger partial charge in [-0.15, -0.1) is 0 Å². The summed E-state index contributed by atoms with van der Waals surface area (Å²) in [5.74, 6) is 0.797. The zero-order chi connectivity index (χ0) is 26.6. The largest absolute Gasteiger partial charge is 0.494 e. The van der Waals surface area contributed by atoms with Gasteiger partial charge in [0, 0.05) is 62.3 Å². The number of anilines is 1. The molecule has 37 heavy (non-hydrogen) atoms. The van der Waals surface area contributed by atoms with Crippen molar-refractivity contribution < 1.29 is 14.3 Å². The first-order valence-electron chi connectivity index (χ1n) is 13.0. The summed E-state index contributed by atoms with van der Waals surface area (Å²) in [4.78, 5) is 32.8. The highest BCUT2D eigenvalue weighted by Gasteiger charge is 2.28. The number of rotatable bonds is 7. The summed E-state index contributed by atoms with van der Waals surface area (Å²) in [5.41, 5.74) is 2.57. The van der Waals surface area contributed by atoms with Crippen molar-refractivity contribution >= 4 is 22.7 Å². The quantitative estimate of drug-likeness (QED) is 0.429. The predicted octanol–water partition coefficient (Wildman–Crippen LogP) is 4.78. The molecule has 1 aliphatic rings. The van der Waals surface area contributed by atoms with Crippen LogP contribution >= 0.6 is 0 Å². The monoisotopic (exact) mass is 506 g/mol. The second-order valence-electron chi connectivity index (χ2n) is 10.7. The molecule has 4 rings (SSSR count). The van der Waals surface area contributed by atoms with Crippen molar-refractivity contribution in [2.45, 2.75) is 58.1 Å². The van der Waals surface area contributed by atoms with E-state index in [1.54, 1.807) is 17.7 Å². The van der Waals surface area contributed by atoms with Gasteiger partial charge in [0.25, 0.3) is 5.56 Å². The molecule has 0 atom stereocenters. The van der Waals surface area contributed by atoms with E-state index < -0.39 is 5.60 Å². The summed E-state index contributed by atoms with van der Waals surface area (Å²) < 4.78 is 13.1. The van der Waals surface area contributed by atoms with Crippen molar-refractivity contribution in [1.29, 1.82) is 0 Å². The van der Waals surface area contributed by atoms with Gasteiger partial charge in [0.1, 0.15) is 11.4 Å². The van der Waals surface area contributed by atoms with E-state index in [-0.39, 0.29) is 11.7 Å². The molecule has 1 saturated heterocycles. The van der Waals surface area contributed by atoms with Crippen LogP contribution in [0.15, 0.2) is 53.5 Å². The molecule has 0 saturated carbocycles. The molecule has 0 aliphatic carbocycles. The van der Waals surface area contributed by atoms with Gasteiger partial charge in [0.05, 0.1) is 12.1 Å². The number of fused-ring (bicyclic) bond motifs is 1. The highest BCUT2D eigenvalue weighted by atomic mass is 16.6. The zero-order valence-corrected chi connectivity index (χ0v) is 22.6. The lowest BCUT2D eigenvalue weighted by Gasteiger charge is -2.38. The highest BCUT2D eigenvalue weighted by Crippen LogP contribution is 2.24. The zero-order valence-electron chi connectivity index (χ0n) is 22.6. The number of aromatic nitrogens is 2. The first-order chi connectivity index (χ1) is 17.6. The van der Waals surface area contributed by atoms with Crippen LogP contribution in [-0.2, 0) is 18.2 Å². The molecule has 3 heterocycles. The van der Waals surface area contributed by atoms with Gasteiger partial charge in [-0.1, -0.05) is 0 Å². The standard InChI is InChI=1S/C29H38N4O4/c1-29(2,3)37-28(35)33-16-13-23(14-17-33)31(4)24-12-15-30-22(20-24)7-6-18-36-25-9-10-26-21(19-25)8-11-27(34)32(26)5/h8-12,15,19-20,23H,6-7,13-14,16-18H2,1-5H3. The van der Waals surface area contributed by atoms with Crippen LogP contribution in [0.3, 0.4) is 0 Å². The smallest absolute Gasteiger partial charge is 0.410 e. The van der Waals surface area contributed by atoms with Crippen LogP contribution in [0.5, 0.6) is 5.75 Å². The van der Waals surface area contributed by atoms with E-state index >= 15 is 0 Å². The Hall–Kier alpha value is -3.55. The van der Waals surface area contributed by atoms with E-state index in [4.69, 9.17) is 9.47 Å². The molecule has 198 valence electrons. The van der Waals surface area contributed by atoms with Crippen LogP contribution in [0.25, 0.3) is 10.9 Å². The molecule has 1 aliphatic heterocycles. The Morgan fingerprint density at radius 1 is 1.11 bits per heavy atom. The molecule has 0 bridgehead atoms. The summed E-state index contributed by atoms with van der Waals surface area (Å²) >= 11 is 0. The van der Waals surface area contributed by atoms with Gasteiger partial charge in [0.2, 0.25) is 0 Å². The Morgan fingerprint density at radius 2 is 1.86 bits per heavy atom. The molecule has 0 N–H and O–H groups in total. The van der Waals surface area contributed by atoms with Crippen LogP contribution in [0.1, 0.15) is 45.7 Å². The van der Waals surface area contributed by atoms with E-state index in [1.165, 1.54) is 0 Å². The Labute approximate surface area is 218 Å². The summed E-state index contributed by atoms with van der Waals surface area (Å²) in [7, 11) is 3.89. The number of piperidine rings is 1. The Morgan fingerprint density at radius 3 is 2.59 bits per heavy atom. The molecule has 8 heteroatoms. The number of benzene rings is 1. The molecule has 0 unspecified atom stereocenters. The summed E-state index contributed by atoms with van der Waals surface area (Å²) in [6.07, 6.45) is 5.12. The van der Waals surface area contributed by atoms with Crippen LogP contribution in [0.2, 0.25) is 0 Å². The van der Waals surface area contributed by atoms with E-state index in [2.05, 4.69) is 23.0 Å². The number of nitrogens with zero attached hydrogens (tertiary/aromatic N) is 4. The number of carbonyl (C=O) groups excluding carboxylic acids is 1. The van der Waals surface area contributed by atoms with E-state index in [1.807, 2.05) is 62.2 Å². The van der Waals surface area contributed by atoms with Gasteiger partial charge < -0.3 is 23.8 Å². The molecular formula is C29H38N4O4. The summed E-state index contributed by atoms with van der Waals surface area (Å²) in [5, 5.41) is 0.980. The fourth-order valence-corrected chi connectivity index (χ4v) is 4.69. The third-order valence-electron chi connectivity index (χ3n) is 6.81. The van der Waals surface area contributed by atoms with Crippen LogP contribution < -0.4 is 15.2 Å². The lowest BCUT2D eigenvalue weighted by Crippen LogP contribution is -2.47. The topological polar surface area (TPSA) is 76.9 Å². The van der Waals surface area contributed by atoms with Crippen molar-refractivity contribution in [3.8, 4) is 5.75 Å². The highest BCUT2D eigenvalue weighted by molar-refractivity contribution is 5.80. The van der Waals surface area contributed by atoms with Crippen molar-refractivity contribution in [2.75, 3.05) is 31.6 Å². The molecule has 3 aromatic rings. The van der Waals surface area contributed by atoms with E-state index in [0.29, 0.717) is 25.7 Å². The lowest BCUT2D eigenvalue weighted by molar-refractivity contribution is 0.0205. The maximum atomic E-state index is 12.4. The molecule has 1 aromatic carbocycles. The van der Waals surface area contributed by atoms with Crippen molar-refractivity contribution in [3.05, 3.63) is 64.7 Å². The average Bonchev–Trinajstić information content (AvgIpc) is 2.88. The Balaban J connectivity index is 1.26. The molecule has 1 fully saturated rings. The molecule has 0 spiro atoms. The minimum absolute atomic E-state index is 0.0206. The number of hydrogen-bond donors (Lipinski definition) is 0. The SMILES string of the molecule is CN(c1ccnc(CCCOc2ccc3c(ccc(=O)n3C)c2)c1)C1CCN(C(=O)OC(C)(C)C)CC1. The molecule has 0 radical (unpaired) electrons. The maximum absolute atomic E-state index is 12.4. The maximum Gasteiger partial charge on any atom is 0.410 e. The molecular weight excluding hydrogens is 468 g/mol. The van der Waals surface area contributed by atoms with Gasteiger partial charge in [-0.3, -0.25) is 9.78 Å². The Bertz CT molecular complexity index is 1290. The first-order valence-corrected chi connectivity index (χ1v) is 13.0. The minimum atomic E-state index is -0.472. The number of carbonyl (C=O) groups is 1. The van der Waals surface area contributed by atoms with Gasteiger partial charge in [-0.05, 0) is 82.9 Å². The lowest BCUT2D eigenvalue weighted by atomic mass is 10.0. The van der Waals surface area contributed by atoms with Crippen molar-refractivity contribution in [1.82, 2.24) is 14.5 Å². The van der Waals surface area contributed by atoms with Crippen molar-refractivity contribution in [3.63, 3.8) is 0 Å². The van der Waals surface area contributed by atoms with Crippen LogP contribution in [0, 0.1) is 0 Å². The van der Waals surface area contributed by atoms with Gasteiger partial charge in [0.15, 0.2) is 0 Å². The number of hydrogen-bond acceptors (Lipinski definition) is 6. The number of aryl methyl sites for hydroxylation is 2. The van der Waals surface area contributed by atoms with Crippen LogP contribution in [0.4, 0.5) is 10.5 Å². The number of pyridine rings is 2. The number of amides is 1. The molecule has 2 aromatic heterocycles. The normalized spacial score (nSPS) is 14.6. The average molecular weight is 507 g/mol. The predicted molar refractivity (Wildman–Crippen MR) is 146 cm³/mol.